The van der Waals surface area contributed by atoms with E-state index in [2.05, 4.69) is 14.8 Å². The quantitative estimate of drug-likeness (QED) is 0.404. The molecule has 1 saturated heterocycles. The van der Waals surface area contributed by atoms with Gasteiger partial charge in [-0.15, -0.1) is 0 Å². The zero-order chi connectivity index (χ0) is 21.3. The van der Waals surface area contributed by atoms with Crippen molar-refractivity contribution < 1.29 is 9.59 Å². The molecule has 1 N–H and O–H groups in total. The summed E-state index contributed by atoms with van der Waals surface area (Å²) in [6, 6.07) is 11.3. The number of hydrogen-bond donors (Lipinski definition) is 1. The van der Waals surface area contributed by atoms with Gasteiger partial charge in [-0.25, -0.2) is 9.83 Å². The Morgan fingerprint density at radius 2 is 2.00 bits per heavy atom. The third-order valence-electron chi connectivity index (χ3n) is 5.70. The minimum absolute atomic E-state index is 0.157. The van der Waals surface area contributed by atoms with Crippen LogP contribution in [0.5, 0.6) is 0 Å². The second-order valence-electron chi connectivity index (χ2n) is 7.61. The first-order valence-corrected chi connectivity index (χ1v) is 9.94. The van der Waals surface area contributed by atoms with E-state index >= 15 is 0 Å². The van der Waals surface area contributed by atoms with Crippen molar-refractivity contribution in [2.45, 2.75) is 32.7 Å². The summed E-state index contributed by atoms with van der Waals surface area (Å²) >= 11 is 0. The molecule has 1 aromatic carbocycles. The van der Waals surface area contributed by atoms with Crippen molar-refractivity contribution >= 4 is 28.4 Å². The Morgan fingerprint density at radius 1 is 1.23 bits per heavy atom. The standard InChI is InChI=1S/C24H22N4O2/c1-15-9-11-26-23-20(15)19(14-27-23)22(29)24(30)28-12-10-18(13-16(28)2)21(25-3)17-7-5-4-6-8-17/h4-9,11,14,16H,10,12-13H2,1-2H3,(H,26,27). The lowest BCUT2D eigenvalue weighted by molar-refractivity contribution is -0.128. The van der Waals surface area contributed by atoms with Crippen LogP contribution in [-0.4, -0.2) is 39.1 Å². The Balaban J connectivity index is 1.58. The number of aryl methyl sites for hydroxylation is 1. The van der Waals surface area contributed by atoms with Crippen LogP contribution in [0.25, 0.3) is 21.6 Å². The number of pyridine rings is 1. The van der Waals surface area contributed by atoms with E-state index in [1.807, 2.05) is 50.2 Å². The summed E-state index contributed by atoms with van der Waals surface area (Å²) in [6.07, 6.45) is 4.41. The summed E-state index contributed by atoms with van der Waals surface area (Å²) in [7, 11) is 0. The number of benzene rings is 1. The Morgan fingerprint density at radius 3 is 2.70 bits per heavy atom. The van der Waals surface area contributed by atoms with Gasteiger partial charge in [0.1, 0.15) is 5.65 Å². The lowest BCUT2D eigenvalue weighted by atomic mass is 9.92. The molecular formula is C24H22N4O2. The van der Waals surface area contributed by atoms with E-state index in [0.29, 0.717) is 41.7 Å². The molecule has 150 valence electrons. The molecule has 0 saturated carbocycles. The van der Waals surface area contributed by atoms with Crippen LogP contribution in [0.4, 0.5) is 0 Å². The molecule has 6 heteroatoms. The second kappa shape index (κ2) is 7.96. The molecule has 1 aliphatic heterocycles. The van der Waals surface area contributed by atoms with Crippen LogP contribution < -0.4 is 0 Å². The number of aromatic nitrogens is 2. The zero-order valence-electron chi connectivity index (χ0n) is 17.0. The van der Waals surface area contributed by atoms with Crippen molar-refractivity contribution in [2.75, 3.05) is 6.54 Å². The normalized spacial score (nSPS) is 18.2. The molecule has 1 unspecified atom stereocenters. The molecule has 0 bridgehead atoms. The molecule has 1 aliphatic rings. The van der Waals surface area contributed by atoms with Gasteiger partial charge in [-0.2, -0.15) is 0 Å². The number of H-pyrrole nitrogens is 1. The summed E-state index contributed by atoms with van der Waals surface area (Å²) in [4.78, 5) is 38.7. The fraction of sp³-hybridized carbons (Fsp3) is 0.250. The number of fused-ring (bicyclic) bond motifs is 1. The smallest absolute Gasteiger partial charge is 0.295 e. The number of aromatic amines is 1. The van der Waals surface area contributed by atoms with Gasteiger partial charge in [-0.05, 0) is 43.9 Å². The minimum Gasteiger partial charge on any atom is -0.345 e. The number of rotatable bonds is 3. The van der Waals surface area contributed by atoms with Crippen molar-refractivity contribution in [2.24, 2.45) is 0 Å². The number of ketones is 1. The van der Waals surface area contributed by atoms with E-state index in [9.17, 15) is 9.59 Å². The van der Waals surface area contributed by atoms with Crippen LogP contribution >= 0.6 is 0 Å². The Hall–Kier alpha value is -3.72. The lowest BCUT2D eigenvalue weighted by Gasteiger charge is -2.35. The molecule has 3 heterocycles. The van der Waals surface area contributed by atoms with E-state index in [0.717, 1.165) is 16.7 Å². The molecule has 0 radical (unpaired) electrons. The molecule has 0 aliphatic carbocycles. The van der Waals surface area contributed by atoms with Gasteiger partial charge in [0, 0.05) is 30.4 Å². The van der Waals surface area contributed by atoms with Gasteiger partial charge in [0.2, 0.25) is 0 Å². The first-order chi connectivity index (χ1) is 14.5. The molecule has 0 spiro atoms. The highest BCUT2D eigenvalue weighted by Crippen LogP contribution is 2.31. The Kier molecular flexibility index (Phi) is 5.20. The van der Waals surface area contributed by atoms with Gasteiger partial charge in [0.05, 0.1) is 12.1 Å². The third-order valence-corrected chi connectivity index (χ3v) is 5.70. The summed E-state index contributed by atoms with van der Waals surface area (Å²) in [6.45, 7) is 11.9. The zero-order valence-corrected chi connectivity index (χ0v) is 17.0. The highest BCUT2D eigenvalue weighted by molar-refractivity contribution is 6.45. The van der Waals surface area contributed by atoms with Crippen molar-refractivity contribution in [1.82, 2.24) is 14.9 Å². The topological polar surface area (TPSA) is 70.4 Å². The maximum atomic E-state index is 13.0. The molecule has 1 amide bonds. The predicted molar refractivity (Wildman–Crippen MR) is 116 cm³/mol. The fourth-order valence-electron chi connectivity index (χ4n) is 4.15. The summed E-state index contributed by atoms with van der Waals surface area (Å²) in [5, 5.41) is 0.695. The van der Waals surface area contributed by atoms with E-state index in [-0.39, 0.29) is 6.04 Å². The Labute approximate surface area is 175 Å². The maximum absolute atomic E-state index is 13.0. The number of nitrogens with one attached hydrogen (secondary N) is 1. The van der Waals surface area contributed by atoms with Crippen LogP contribution in [0.3, 0.4) is 0 Å². The van der Waals surface area contributed by atoms with E-state index in [4.69, 9.17) is 6.57 Å². The largest absolute Gasteiger partial charge is 0.345 e. The summed E-state index contributed by atoms with van der Waals surface area (Å²) < 4.78 is 0. The lowest BCUT2D eigenvalue weighted by Crippen LogP contribution is -2.46. The summed E-state index contributed by atoms with van der Waals surface area (Å²) in [5.74, 6) is -1.03. The number of amides is 1. The van der Waals surface area contributed by atoms with Crippen LogP contribution in [0.1, 0.15) is 41.3 Å². The number of hydrogen-bond acceptors (Lipinski definition) is 3. The average molecular weight is 398 g/mol. The molecular weight excluding hydrogens is 376 g/mol. The SMILES string of the molecule is [C-]#[N+]C(=C1CCN(C(=O)C(=O)c2c[nH]c3nccc(C)c23)C(C)C1)c1ccccc1. The van der Waals surface area contributed by atoms with Gasteiger partial charge < -0.3 is 9.88 Å². The highest BCUT2D eigenvalue weighted by Gasteiger charge is 2.32. The maximum Gasteiger partial charge on any atom is 0.295 e. The molecule has 30 heavy (non-hydrogen) atoms. The summed E-state index contributed by atoms with van der Waals surface area (Å²) in [5.41, 5.74) is 4.45. The second-order valence-corrected chi connectivity index (χ2v) is 7.61. The molecule has 2 aromatic heterocycles. The molecule has 1 fully saturated rings. The fourth-order valence-corrected chi connectivity index (χ4v) is 4.15. The van der Waals surface area contributed by atoms with Crippen molar-refractivity contribution in [3.05, 3.63) is 82.5 Å². The number of carbonyl (C=O) groups is 2. The first kappa shape index (κ1) is 19.6. The van der Waals surface area contributed by atoms with E-state index in [1.54, 1.807) is 17.3 Å². The molecule has 3 aromatic rings. The van der Waals surface area contributed by atoms with Gasteiger partial charge in [0.15, 0.2) is 5.70 Å². The number of likely N-dealkylation sites (tertiary alicyclic amines) is 1. The predicted octanol–water partition coefficient (Wildman–Crippen LogP) is 4.40. The van der Waals surface area contributed by atoms with Crippen molar-refractivity contribution in [3.63, 3.8) is 0 Å². The highest BCUT2D eigenvalue weighted by atomic mass is 16.2. The molecule has 1 atom stereocenters. The number of piperidine rings is 1. The number of carbonyl (C=O) groups excluding carboxylic acids is 2. The van der Waals surface area contributed by atoms with E-state index < -0.39 is 11.7 Å². The van der Waals surface area contributed by atoms with Crippen LogP contribution in [-0.2, 0) is 4.79 Å². The number of Topliss-reactive ketones (excluding diaryl/α,β-unsaturated/α-hetero) is 1. The minimum atomic E-state index is -0.523. The van der Waals surface area contributed by atoms with Gasteiger partial charge in [0.25, 0.3) is 11.7 Å². The average Bonchev–Trinajstić information content (AvgIpc) is 3.20. The van der Waals surface area contributed by atoms with Gasteiger partial charge in [-0.1, -0.05) is 35.9 Å². The van der Waals surface area contributed by atoms with Crippen LogP contribution in [0, 0.1) is 13.5 Å². The Bertz CT molecular complexity index is 1200. The monoisotopic (exact) mass is 398 g/mol. The molecule has 4 rings (SSSR count). The van der Waals surface area contributed by atoms with Crippen molar-refractivity contribution in [3.8, 4) is 0 Å². The van der Waals surface area contributed by atoms with E-state index in [1.165, 1.54) is 0 Å². The van der Waals surface area contributed by atoms with Gasteiger partial charge in [-0.3, -0.25) is 9.59 Å². The van der Waals surface area contributed by atoms with Crippen molar-refractivity contribution in [1.29, 1.82) is 0 Å². The third kappa shape index (κ3) is 3.39. The molecule has 6 nitrogen and oxygen atoms in total. The number of nitrogens with zero attached hydrogens (tertiary/aromatic N) is 3. The first-order valence-electron chi connectivity index (χ1n) is 9.94. The van der Waals surface area contributed by atoms with Gasteiger partial charge >= 0.3 is 0 Å². The van der Waals surface area contributed by atoms with Crippen LogP contribution in [0.2, 0.25) is 0 Å². The van der Waals surface area contributed by atoms with Crippen LogP contribution in [0.15, 0.2) is 54.4 Å².